The number of aromatic nitrogens is 2. The minimum atomic E-state index is -0.437. The number of piperidine rings is 1. The third-order valence-electron chi connectivity index (χ3n) is 4.08. The van der Waals surface area contributed by atoms with Crippen LogP contribution < -0.4 is 5.32 Å². The van der Waals surface area contributed by atoms with Gasteiger partial charge in [0.1, 0.15) is 5.60 Å². The van der Waals surface area contributed by atoms with Gasteiger partial charge in [-0.1, -0.05) is 0 Å². The lowest BCUT2D eigenvalue weighted by atomic mass is 9.90. The summed E-state index contributed by atoms with van der Waals surface area (Å²) >= 11 is 0. The smallest absolute Gasteiger partial charge is 0.410 e. The van der Waals surface area contributed by atoms with Gasteiger partial charge < -0.3 is 19.5 Å². The number of carbonyl (C=O) groups is 1. The van der Waals surface area contributed by atoms with Crippen LogP contribution in [0.25, 0.3) is 0 Å². The van der Waals surface area contributed by atoms with Gasteiger partial charge in [-0.25, -0.2) is 9.78 Å². The van der Waals surface area contributed by atoms with Crippen LogP contribution in [0.2, 0.25) is 0 Å². The van der Waals surface area contributed by atoms with E-state index in [2.05, 4.69) is 21.1 Å². The molecule has 21 heavy (non-hydrogen) atoms. The van der Waals surface area contributed by atoms with E-state index >= 15 is 0 Å². The van der Waals surface area contributed by atoms with Crippen molar-refractivity contribution >= 4 is 12.0 Å². The molecule has 1 amide bonds. The van der Waals surface area contributed by atoms with Crippen molar-refractivity contribution in [3.8, 4) is 0 Å². The van der Waals surface area contributed by atoms with Crippen LogP contribution >= 0.6 is 0 Å². The summed E-state index contributed by atoms with van der Waals surface area (Å²) in [5.74, 6) is 1.37. The van der Waals surface area contributed by atoms with E-state index in [0.717, 1.165) is 37.7 Å². The Bertz CT molecular complexity index is 546. The van der Waals surface area contributed by atoms with Gasteiger partial charge in [0, 0.05) is 37.8 Å². The van der Waals surface area contributed by atoms with Gasteiger partial charge in [0.15, 0.2) is 0 Å². The molecule has 0 bridgehead atoms. The molecule has 3 heterocycles. The highest BCUT2D eigenvalue weighted by Crippen LogP contribution is 2.35. The lowest BCUT2D eigenvalue weighted by molar-refractivity contribution is 0.0115. The molecule has 2 atom stereocenters. The first kappa shape index (κ1) is 14.2. The second kappa shape index (κ2) is 4.93. The van der Waals surface area contributed by atoms with Crippen LogP contribution in [0, 0.1) is 12.8 Å². The van der Waals surface area contributed by atoms with Crippen molar-refractivity contribution in [2.45, 2.75) is 45.8 Å². The van der Waals surface area contributed by atoms with E-state index in [4.69, 9.17) is 4.74 Å². The van der Waals surface area contributed by atoms with Gasteiger partial charge in [-0.15, -0.1) is 0 Å². The van der Waals surface area contributed by atoms with Crippen molar-refractivity contribution in [2.75, 3.05) is 25.0 Å². The minimum Gasteiger partial charge on any atom is -0.444 e. The molecule has 2 aliphatic rings. The van der Waals surface area contributed by atoms with Gasteiger partial charge in [0.2, 0.25) is 5.95 Å². The van der Waals surface area contributed by atoms with Crippen LogP contribution in [-0.2, 0) is 4.74 Å². The molecule has 0 aliphatic carbocycles. The van der Waals surface area contributed by atoms with Crippen LogP contribution in [0.1, 0.15) is 38.9 Å². The number of nitrogens with one attached hydrogen (secondary N) is 1. The number of amides is 1. The number of fused-ring (bicyclic) bond motifs is 3. The highest BCUT2D eigenvalue weighted by molar-refractivity contribution is 5.68. The molecule has 0 aromatic carbocycles. The maximum Gasteiger partial charge on any atom is 0.410 e. The van der Waals surface area contributed by atoms with E-state index in [9.17, 15) is 4.79 Å². The van der Waals surface area contributed by atoms with E-state index in [1.54, 1.807) is 0 Å². The number of hydrogen-bond donors (Lipinski definition) is 1. The molecule has 0 spiro atoms. The lowest BCUT2D eigenvalue weighted by Gasteiger charge is -2.42. The number of ether oxygens (including phenoxy) is 1. The maximum atomic E-state index is 12.2. The SMILES string of the molecule is Cc1cn2c(n1)NCC1CN(C(=O)OC(C)(C)C)CCC12. The Morgan fingerprint density at radius 3 is 2.95 bits per heavy atom. The molecule has 2 unspecified atom stereocenters. The molecule has 116 valence electrons. The van der Waals surface area contributed by atoms with Crippen LogP contribution in [-0.4, -0.2) is 45.8 Å². The number of hydrogen-bond acceptors (Lipinski definition) is 4. The summed E-state index contributed by atoms with van der Waals surface area (Å²) in [6.45, 7) is 10.1. The number of aryl methyl sites for hydroxylation is 1. The summed E-state index contributed by atoms with van der Waals surface area (Å²) in [5.41, 5.74) is 0.598. The van der Waals surface area contributed by atoms with E-state index in [1.165, 1.54) is 0 Å². The Kier molecular flexibility index (Phi) is 3.34. The van der Waals surface area contributed by atoms with Gasteiger partial charge in [-0.05, 0) is 34.1 Å². The number of nitrogens with zero attached hydrogens (tertiary/aromatic N) is 3. The zero-order chi connectivity index (χ0) is 15.2. The number of anilines is 1. The normalized spacial score (nSPS) is 24.9. The van der Waals surface area contributed by atoms with Crippen molar-refractivity contribution in [3.63, 3.8) is 0 Å². The van der Waals surface area contributed by atoms with E-state index in [1.807, 2.05) is 32.6 Å². The Balaban J connectivity index is 1.69. The third kappa shape index (κ3) is 2.84. The summed E-state index contributed by atoms with van der Waals surface area (Å²) in [6.07, 6.45) is 2.85. The predicted octanol–water partition coefficient (Wildman–Crippen LogP) is 2.42. The van der Waals surface area contributed by atoms with E-state index in [-0.39, 0.29) is 6.09 Å². The quantitative estimate of drug-likeness (QED) is 0.798. The number of rotatable bonds is 0. The molecule has 6 heteroatoms. The molecule has 6 nitrogen and oxygen atoms in total. The summed E-state index contributed by atoms with van der Waals surface area (Å²) in [6, 6.07) is 0.432. The molecule has 1 aromatic heterocycles. The number of imidazole rings is 1. The zero-order valence-electron chi connectivity index (χ0n) is 13.2. The van der Waals surface area contributed by atoms with Crippen LogP contribution in [0.15, 0.2) is 6.20 Å². The molecule has 0 radical (unpaired) electrons. The molecular formula is C15H24N4O2. The third-order valence-corrected chi connectivity index (χ3v) is 4.08. The molecule has 3 rings (SSSR count). The summed E-state index contributed by atoms with van der Waals surface area (Å²) < 4.78 is 7.71. The van der Waals surface area contributed by atoms with Crippen LogP contribution in [0.3, 0.4) is 0 Å². The van der Waals surface area contributed by atoms with E-state index < -0.39 is 5.60 Å². The maximum absolute atomic E-state index is 12.2. The fourth-order valence-corrected chi connectivity index (χ4v) is 3.20. The van der Waals surface area contributed by atoms with Crippen LogP contribution in [0.5, 0.6) is 0 Å². The Hall–Kier alpha value is -1.72. The molecule has 1 aromatic rings. The topological polar surface area (TPSA) is 59.4 Å². The Morgan fingerprint density at radius 2 is 2.24 bits per heavy atom. The summed E-state index contributed by atoms with van der Waals surface area (Å²) in [7, 11) is 0. The van der Waals surface area contributed by atoms with Crippen molar-refractivity contribution in [2.24, 2.45) is 5.92 Å². The Morgan fingerprint density at radius 1 is 1.48 bits per heavy atom. The van der Waals surface area contributed by atoms with Gasteiger partial charge in [0.25, 0.3) is 0 Å². The second-order valence-corrected chi connectivity index (χ2v) is 7.04. The number of carbonyl (C=O) groups excluding carboxylic acids is 1. The van der Waals surface area contributed by atoms with Crippen molar-refractivity contribution in [1.29, 1.82) is 0 Å². The van der Waals surface area contributed by atoms with Gasteiger partial charge in [-0.2, -0.15) is 0 Å². The first-order valence-corrected chi connectivity index (χ1v) is 7.61. The van der Waals surface area contributed by atoms with Crippen molar-refractivity contribution in [1.82, 2.24) is 14.5 Å². The van der Waals surface area contributed by atoms with Crippen LogP contribution in [0.4, 0.5) is 10.7 Å². The average molecular weight is 292 g/mol. The second-order valence-electron chi connectivity index (χ2n) is 7.04. The summed E-state index contributed by atoms with van der Waals surface area (Å²) in [4.78, 5) is 18.5. The fourth-order valence-electron chi connectivity index (χ4n) is 3.20. The van der Waals surface area contributed by atoms with Crippen molar-refractivity contribution in [3.05, 3.63) is 11.9 Å². The van der Waals surface area contributed by atoms with Gasteiger partial charge >= 0.3 is 6.09 Å². The molecule has 1 saturated heterocycles. The molecule has 1 N–H and O–H groups in total. The van der Waals surface area contributed by atoms with E-state index in [0.29, 0.717) is 12.0 Å². The summed E-state index contributed by atoms with van der Waals surface area (Å²) in [5, 5.41) is 3.36. The first-order valence-electron chi connectivity index (χ1n) is 7.61. The lowest BCUT2D eigenvalue weighted by Crippen LogP contribution is -2.49. The standard InChI is InChI=1S/C15H24N4O2/c1-10-8-19-12-5-6-18(14(20)21-15(2,3)4)9-11(12)7-16-13(19)17-10/h8,11-12H,5-7,9H2,1-4H3,(H,16,17). The number of likely N-dealkylation sites (tertiary alicyclic amines) is 1. The molecule has 1 fully saturated rings. The zero-order valence-corrected chi connectivity index (χ0v) is 13.2. The Labute approximate surface area is 125 Å². The van der Waals surface area contributed by atoms with Gasteiger partial charge in [0.05, 0.1) is 5.69 Å². The monoisotopic (exact) mass is 292 g/mol. The van der Waals surface area contributed by atoms with Crippen molar-refractivity contribution < 1.29 is 9.53 Å². The highest BCUT2D eigenvalue weighted by Gasteiger charge is 2.37. The van der Waals surface area contributed by atoms with Gasteiger partial charge in [-0.3, -0.25) is 0 Å². The minimum absolute atomic E-state index is 0.200. The largest absolute Gasteiger partial charge is 0.444 e. The molecular weight excluding hydrogens is 268 g/mol. The average Bonchev–Trinajstić information content (AvgIpc) is 2.76. The molecule has 0 saturated carbocycles. The fraction of sp³-hybridized carbons (Fsp3) is 0.733. The molecule has 2 aliphatic heterocycles. The first-order chi connectivity index (χ1) is 9.83. The predicted molar refractivity (Wildman–Crippen MR) is 80.4 cm³/mol. The highest BCUT2D eigenvalue weighted by atomic mass is 16.6.